The molecule has 0 aliphatic rings. The molecule has 0 amide bonds. The number of hydrogen-bond donors (Lipinski definition) is 2. The Kier molecular flexibility index (Phi) is 4.91. The number of hydrogen-bond acceptors (Lipinski definition) is 2. The van der Waals surface area contributed by atoms with Crippen molar-refractivity contribution in [1.82, 2.24) is 5.32 Å². The molecule has 0 saturated carbocycles. The average molecular weight is 340 g/mol. The predicted octanol–water partition coefficient (Wildman–Crippen LogP) is 4.47. The van der Waals surface area contributed by atoms with Gasteiger partial charge in [0, 0.05) is 6.54 Å². The summed E-state index contributed by atoms with van der Waals surface area (Å²) >= 11 is 5.22. The summed E-state index contributed by atoms with van der Waals surface area (Å²) < 4.78 is 18.8. The van der Waals surface area contributed by atoms with Crippen LogP contribution in [0.1, 0.15) is 5.56 Å². The summed E-state index contributed by atoms with van der Waals surface area (Å²) in [6.45, 7) is 0.558. The highest BCUT2D eigenvalue weighted by Crippen LogP contribution is 2.21. The maximum atomic E-state index is 13.6. The monoisotopic (exact) mass is 340 g/mol. The molecule has 0 saturated heterocycles. The SMILES string of the molecule is COc1ccc2cc(CNC(=S)Nc3ccccc3F)ccc2c1. The third-order valence-electron chi connectivity index (χ3n) is 3.69. The van der Waals surface area contributed by atoms with Gasteiger partial charge in [-0.15, -0.1) is 0 Å². The van der Waals surface area contributed by atoms with E-state index in [4.69, 9.17) is 17.0 Å². The molecule has 0 unspecified atom stereocenters. The zero-order chi connectivity index (χ0) is 16.9. The lowest BCUT2D eigenvalue weighted by molar-refractivity contribution is 0.415. The molecule has 0 fully saturated rings. The molecule has 0 heterocycles. The molecular weight excluding hydrogens is 323 g/mol. The van der Waals surface area contributed by atoms with Crippen LogP contribution in [0.5, 0.6) is 5.75 Å². The Bertz CT molecular complexity index is 882. The van der Waals surface area contributed by atoms with Crippen LogP contribution in [0.15, 0.2) is 60.7 Å². The van der Waals surface area contributed by atoms with Crippen molar-refractivity contribution < 1.29 is 9.13 Å². The van der Waals surface area contributed by atoms with Gasteiger partial charge in [0.1, 0.15) is 11.6 Å². The number of methoxy groups -OCH3 is 1. The molecule has 0 spiro atoms. The largest absolute Gasteiger partial charge is 0.497 e. The van der Waals surface area contributed by atoms with Gasteiger partial charge in [-0.25, -0.2) is 4.39 Å². The number of halogens is 1. The molecule has 0 aliphatic heterocycles. The van der Waals surface area contributed by atoms with E-state index < -0.39 is 0 Å². The zero-order valence-electron chi connectivity index (χ0n) is 13.2. The molecule has 2 N–H and O–H groups in total. The molecule has 5 heteroatoms. The van der Waals surface area contributed by atoms with Gasteiger partial charge in [0.25, 0.3) is 0 Å². The molecule has 24 heavy (non-hydrogen) atoms. The molecule has 122 valence electrons. The number of thiocarbonyl (C=S) groups is 1. The normalized spacial score (nSPS) is 10.4. The van der Waals surface area contributed by atoms with E-state index in [1.807, 2.05) is 30.3 Å². The van der Waals surface area contributed by atoms with E-state index in [1.54, 1.807) is 25.3 Å². The summed E-state index contributed by atoms with van der Waals surface area (Å²) in [6, 6.07) is 18.5. The summed E-state index contributed by atoms with van der Waals surface area (Å²) in [5, 5.41) is 8.58. The van der Waals surface area contributed by atoms with Gasteiger partial charge in [0.05, 0.1) is 12.8 Å². The molecule has 0 atom stereocenters. The van der Waals surface area contributed by atoms with Gasteiger partial charge in [0.15, 0.2) is 5.11 Å². The summed E-state index contributed by atoms with van der Waals surface area (Å²) in [5.41, 5.74) is 1.45. The van der Waals surface area contributed by atoms with Crippen LogP contribution >= 0.6 is 12.2 Å². The minimum absolute atomic E-state index is 0.332. The van der Waals surface area contributed by atoms with Crippen molar-refractivity contribution in [3.8, 4) is 5.75 Å². The first-order valence-corrected chi connectivity index (χ1v) is 7.92. The Morgan fingerprint density at radius 1 is 1.04 bits per heavy atom. The lowest BCUT2D eigenvalue weighted by atomic mass is 10.1. The molecule has 3 nitrogen and oxygen atoms in total. The van der Waals surface area contributed by atoms with Crippen molar-refractivity contribution in [1.29, 1.82) is 0 Å². The van der Waals surface area contributed by atoms with Crippen molar-refractivity contribution in [2.45, 2.75) is 6.54 Å². The van der Waals surface area contributed by atoms with E-state index in [0.29, 0.717) is 17.3 Å². The molecule has 3 aromatic rings. The quantitative estimate of drug-likeness (QED) is 0.687. The van der Waals surface area contributed by atoms with E-state index in [9.17, 15) is 4.39 Å². The first kappa shape index (κ1) is 16.2. The topological polar surface area (TPSA) is 33.3 Å². The summed E-state index contributed by atoms with van der Waals surface area (Å²) in [7, 11) is 1.66. The standard InChI is InChI=1S/C19H17FN2OS/c1-23-16-9-8-14-10-13(6-7-15(14)11-16)12-21-19(24)22-18-5-3-2-4-17(18)20/h2-11H,12H2,1H3,(H2,21,22,24). The predicted molar refractivity (Wildman–Crippen MR) is 100.0 cm³/mol. The first-order valence-electron chi connectivity index (χ1n) is 7.52. The van der Waals surface area contributed by atoms with Crippen molar-refractivity contribution in [2.75, 3.05) is 12.4 Å². The van der Waals surface area contributed by atoms with E-state index in [0.717, 1.165) is 22.1 Å². The summed E-state index contributed by atoms with van der Waals surface area (Å²) in [5.74, 6) is 0.505. The number of para-hydroxylation sites is 1. The van der Waals surface area contributed by atoms with Gasteiger partial charge in [-0.05, 0) is 58.9 Å². The maximum Gasteiger partial charge on any atom is 0.171 e. The van der Waals surface area contributed by atoms with Crippen molar-refractivity contribution in [2.24, 2.45) is 0 Å². The number of ether oxygens (including phenoxy) is 1. The Morgan fingerprint density at radius 3 is 2.58 bits per heavy atom. The third kappa shape index (κ3) is 3.81. The molecule has 3 rings (SSSR count). The first-order chi connectivity index (χ1) is 11.7. The second-order valence-corrected chi connectivity index (χ2v) is 5.74. The van der Waals surface area contributed by atoms with Gasteiger partial charge in [-0.1, -0.05) is 30.3 Å². The molecule has 3 aromatic carbocycles. The Morgan fingerprint density at radius 2 is 1.79 bits per heavy atom. The average Bonchev–Trinajstić information content (AvgIpc) is 2.61. The lowest BCUT2D eigenvalue weighted by Crippen LogP contribution is -2.28. The van der Waals surface area contributed by atoms with Crippen LogP contribution in [0.3, 0.4) is 0 Å². The van der Waals surface area contributed by atoms with Gasteiger partial charge < -0.3 is 15.4 Å². The second-order valence-electron chi connectivity index (χ2n) is 5.33. The van der Waals surface area contributed by atoms with Crippen LogP contribution in [-0.4, -0.2) is 12.2 Å². The fourth-order valence-corrected chi connectivity index (χ4v) is 2.60. The second kappa shape index (κ2) is 7.27. The van der Waals surface area contributed by atoms with Crippen molar-refractivity contribution in [3.05, 3.63) is 72.0 Å². The van der Waals surface area contributed by atoms with Crippen LogP contribution in [0.25, 0.3) is 10.8 Å². The Labute approximate surface area is 145 Å². The van der Waals surface area contributed by atoms with Gasteiger partial charge in [-0.2, -0.15) is 0 Å². The molecule has 0 radical (unpaired) electrons. The van der Waals surface area contributed by atoms with Crippen molar-refractivity contribution in [3.63, 3.8) is 0 Å². The highest BCUT2D eigenvalue weighted by atomic mass is 32.1. The molecule has 0 aliphatic carbocycles. The summed E-state index contributed by atoms with van der Waals surface area (Å²) in [4.78, 5) is 0. The third-order valence-corrected chi connectivity index (χ3v) is 3.93. The van der Waals surface area contributed by atoms with Crippen LogP contribution in [0.2, 0.25) is 0 Å². The molecule has 0 bridgehead atoms. The van der Waals surface area contributed by atoms with Gasteiger partial charge in [-0.3, -0.25) is 0 Å². The fraction of sp³-hybridized carbons (Fsp3) is 0.105. The van der Waals surface area contributed by atoms with E-state index in [-0.39, 0.29) is 5.82 Å². The molecular formula is C19H17FN2OS. The van der Waals surface area contributed by atoms with Gasteiger partial charge >= 0.3 is 0 Å². The van der Waals surface area contributed by atoms with Crippen LogP contribution in [-0.2, 0) is 6.54 Å². The zero-order valence-corrected chi connectivity index (χ0v) is 14.0. The lowest BCUT2D eigenvalue weighted by Gasteiger charge is -2.12. The number of fused-ring (bicyclic) bond motifs is 1. The number of anilines is 1. The Hall–Kier alpha value is -2.66. The van der Waals surface area contributed by atoms with Crippen LogP contribution < -0.4 is 15.4 Å². The van der Waals surface area contributed by atoms with Crippen molar-refractivity contribution >= 4 is 33.8 Å². The van der Waals surface area contributed by atoms with E-state index in [1.165, 1.54) is 6.07 Å². The highest BCUT2D eigenvalue weighted by Gasteiger charge is 2.04. The number of benzene rings is 3. The van der Waals surface area contributed by atoms with E-state index in [2.05, 4.69) is 16.7 Å². The van der Waals surface area contributed by atoms with E-state index >= 15 is 0 Å². The number of rotatable bonds is 4. The smallest absolute Gasteiger partial charge is 0.171 e. The minimum atomic E-state index is -0.332. The van der Waals surface area contributed by atoms with Crippen LogP contribution in [0, 0.1) is 5.82 Å². The minimum Gasteiger partial charge on any atom is -0.497 e. The highest BCUT2D eigenvalue weighted by molar-refractivity contribution is 7.80. The number of nitrogens with one attached hydrogen (secondary N) is 2. The maximum absolute atomic E-state index is 13.6. The molecule has 0 aromatic heterocycles. The summed E-state index contributed by atoms with van der Waals surface area (Å²) in [6.07, 6.45) is 0. The fourth-order valence-electron chi connectivity index (χ4n) is 2.42. The van der Waals surface area contributed by atoms with Crippen LogP contribution in [0.4, 0.5) is 10.1 Å². The Balaban J connectivity index is 1.65. The van der Waals surface area contributed by atoms with Gasteiger partial charge in [0.2, 0.25) is 0 Å².